The van der Waals surface area contributed by atoms with Crippen LogP contribution in [0.25, 0.3) is 17.0 Å². The molecule has 0 amide bonds. The second kappa shape index (κ2) is 6.85. The summed E-state index contributed by atoms with van der Waals surface area (Å²) in [5, 5.41) is 0.886. The molecule has 1 aromatic carbocycles. The predicted molar refractivity (Wildman–Crippen MR) is 80.0 cm³/mol. The van der Waals surface area contributed by atoms with Gasteiger partial charge < -0.3 is 14.0 Å². The van der Waals surface area contributed by atoms with Gasteiger partial charge in [-0.05, 0) is 19.1 Å². The van der Waals surface area contributed by atoms with E-state index in [2.05, 4.69) is 0 Å². The van der Waals surface area contributed by atoms with Crippen molar-refractivity contribution in [2.24, 2.45) is 0 Å². The quantitative estimate of drug-likeness (QED) is 0.465. The Hall–Kier alpha value is -2.40. The fraction of sp³-hybridized carbons (Fsp3) is 0.250. The Labute approximate surface area is 122 Å². The van der Waals surface area contributed by atoms with Crippen LogP contribution in [0, 0.1) is 0 Å². The van der Waals surface area contributed by atoms with E-state index in [9.17, 15) is 9.59 Å². The van der Waals surface area contributed by atoms with Crippen LogP contribution in [-0.4, -0.2) is 30.5 Å². The van der Waals surface area contributed by atoms with Gasteiger partial charge in [0.1, 0.15) is 6.73 Å². The minimum absolute atomic E-state index is 0.266. The van der Waals surface area contributed by atoms with Crippen LogP contribution in [0.5, 0.6) is 0 Å². The Morgan fingerprint density at radius 1 is 1.33 bits per heavy atom. The van der Waals surface area contributed by atoms with E-state index in [0.717, 1.165) is 17.2 Å². The van der Waals surface area contributed by atoms with Crippen molar-refractivity contribution in [3.05, 3.63) is 41.6 Å². The number of fused-ring (bicyclic) bond motifs is 1. The Morgan fingerprint density at radius 3 is 2.76 bits per heavy atom. The average molecular weight is 287 g/mol. The number of rotatable bonds is 6. The second-order valence-corrected chi connectivity index (χ2v) is 4.37. The minimum atomic E-state index is -0.432. The topological polar surface area (TPSA) is 57.5 Å². The molecule has 5 nitrogen and oxygen atoms in total. The van der Waals surface area contributed by atoms with E-state index in [1.807, 2.05) is 24.3 Å². The Morgan fingerprint density at radius 2 is 2.10 bits per heavy atom. The molecule has 21 heavy (non-hydrogen) atoms. The van der Waals surface area contributed by atoms with Crippen molar-refractivity contribution in [2.75, 3.05) is 13.7 Å². The molecule has 0 radical (unpaired) electrons. The van der Waals surface area contributed by atoms with Crippen LogP contribution in [0.1, 0.15) is 23.0 Å². The molecule has 0 saturated heterocycles. The summed E-state index contributed by atoms with van der Waals surface area (Å²) in [4.78, 5) is 22.9. The van der Waals surface area contributed by atoms with Crippen molar-refractivity contribution in [1.29, 1.82) is 0 Å². The predicted octanol–water partition coefficient (Wildman–Crippen LogP) is 2.63. The van der Waals surface area contributed by atoms with Gasteiger partial charge in [0, 0.05) is 24.1 Å². The Balaban J connectivity index is 2.56. The number of hydrogen-bond donors (Lipinski definition) is 0. The molecule has 5 heteroatoms. The van der Waals surface area contributed by atoms with Crippen LogP contribution in [0.15, 0.2) is 30.3 Å². The summed E-state index contributed by atoms with van der Waals surface area (Å²) in [6, 6.07) is 7.58. The maximum absolute atomic E-state index is 11.5. The van der Waals surface area contributed by atoms with E-state index in [4.69, 9.17) is 9.47 Å². The molecule has 110 valence electrons. The zero-order chi connectivity index (χ0) is 15.2. The highest BCUT2D eigenvalue weighted by Gasteiger charge is 2.14. The summed E-state index contributed by atoms with van der Waals surface area (Å²) < 4.78 is 11.8. The lowest BCUT2D eigenvalue weighted by atomic mass is 10.1. The summed E-state index contributed by atoms with van der Waals surface area (Å²) >= 11 is 0. The fourth-order valence-electron chi connectivity index (χ4n) is 2.26. The molecule has 0 saturated carbocycles. The van der Waals surface area contributed by atoms with E-state index in [1.165, 1.54) is 6.08 Å². The van der Waals surface area contributed by atoms with Crippen molar-refractivity contribution >= 4 is 29.2 Å². The number of carbonyl (C=O) groups excluding carboxylic acids is 2. The number of benzene rings is 1. The van der Waals surface area contributed by atoms with E-state index >= 15 is 0 Å². The molecule has 0 aliphatic heterocycles. The van der Waals surface area contributed by atoms with Gasteiger partial charge in [0.15, 0.2) is 6.29 Å². The molecule has 2 rings (SSSR count). The van der Waals surface area contributed by atoms with Crippen molar-refractivity contribution in [1.82, 2.24) is 4.57 Å². The molecule has 0 N–H and O–H groups in total. The molecule has 0 bridgehead atoms. The maximum atomic E-state index is 11.5. The molecular weight excluding hydrogens is 270 g/mol. The van der Waals surface area contributed by atoms with E-state index < -0.39 is 5.97 Å². The van der Waals surface area contributed by atoms with Crippen LogP contribution < -0.4 is 0 Å². The first-order chi connectivity index (χ1) is 10.2. The van der Waals surface area contributed by atoms with Gasteiger partial charge in [0.05, 0.1) is 17.8 Å². The van der Waals surface area contributed by atoms with Gasteiger partial charge in [-0.25, -0.2) is 4.79 Å². The first-order valence-electron chi connectivity index (χ1n) is 6.63. The molecule has 0 spiro atoms. The summed E-state index contributed by atoms with van der Waals surface area (Å²) in [5.41, 5.74) is 2.04. The minimum Gasteiger partial charge on any atom is -0.463 e. The van der Waals surface area contributed by atoms with Crippen molar-refractivity contribution in [3.63, 3.8) is 0 Å². The van der Waals surface area contributed by atoms with Crippen molar-refractivity contribution in [2.45, 2.75) is 13.7 Å². The van der Waals surface area contributed by atoms with Crippen LogP contribution in [0.2, 0.25) is 0 Å². The fourth-order valence-corrected chi connectivity index (χ4v) is 2.26. The molecule has 0 atom stereocenters. The molecule has 0 unspecified atom stereocenters. The number of methoxy groups -OCH3 is 1. The zero-order valence-electron chi connectivity index (χ0n) is 12.0. The van der Waals surface area contributed by atoms with Crippen LogP contribution in [0.4, 0.5) is 0 Å². The van der Waals surface area contributed by atoms with Crippen molar-refractivity contribution in [3.8, 4) is 0 Å². The van der Waals surface area contributed by atoms with Crippen LogP contribution in [0.3, 0.4) is 0 Å². The maximum Gasteiger partial charge on any atom is 0.330 e. The molecule has 1 heterocycles. The number of nitrogens with zero attached hydrogens (tertiary/aromatic N) is 1. The van der Waals surface area contributed by atoms with Crippen LogP contribution >= 0.6 is 0 Å². The molecule has 2 aromatic rings. The first kappa shape index (κ1) is 15.0. The summed E-state index contributed by atoms with van der Waals surface area (Å²) in [5.74, 6) is -0.432. The summed E-state index contributed by atoms with van der Waals surface area (Å²) in [6.45, 7) is 2.32. The Bertz CT molecular complexity index is 685. The van der Waals surface area contributed by atoms with Gasteiger partial charge in [0.25, 0.3) is 0 Å². The van der Waals surface area contributed by atoms with Gasteiger partial charge in [0.2, 0.25) is 0 Å². The smallest absolute Gasteiger partial charge is 0.330 e. The third-order valence-corrected chi connectivity index (χ3v) is 3.09. The normalized spacial score (nSPS) is 11.1. The SMILES string of the molecule is CCOC(=O)/C=C/c1c(C=O)n(COC)c2ccccc12. The highest BCUT2D eigenvalue weighted by molar-refractivity contribution is 6.00. The monoisotopic (exact) mass is 287 g/mol. The molecular formula is C16H17NO4. The number of ether oxygens (including phenoxy) is 2. The molecule has 0 fully saturated rings. The van der Waals surface area contributed by atoms with Gasteiger partial charge in [-0.3, -0.25) is 4.79 Å². The number of para-hydroxylation sites is 1. The summed E-state index contributed by atoms with van der Waals surface area (Å²) in [6.07, 6.45) is 3.70. The Kier molecular flexibility index (Phi) is 4.90. The number of esters is 1. The molecule has 1 aromatic heterocycles. The second-order valence-electron chi connectivity index (χ2n) is 4.37. The van der Waals surface area contributed by atoms with Gasteiger partial charge in [-0.1, -0.05) is 18.2 Å². The lowest BCUT2D eigenvalue weighted by Gasteiger charge is -2.05. The number of hydrogen-bond acceptors (Lipinski definition) is 4. The number of aromatic nitrogens is 1. The average Bonchev–Trinajstić information content (AvgIpc) is 2.79. The highest BCUT2D eigenvalue weighted by atomic mass is 16.5. The molecule has 0 aliphatic carbocycles. The zero-order valence-corrected chi connectivity index (χ0v) is 12.0. The number of carbonyl (C=O) groups is 2. The largest absolute Gasteiger partial charge is 0.463 e. The van der Waals surface area contributed by atoms with Crippen molar-refractivity contribution < 1.29 is 19.1 Å². The number of aldehydes is 1. The third kappa shape index (κ3) is 3.03. The van der Waals surface area contributed by atoms with E-state index in [0.29, 0.717) is 17.9 Å². The lowest BCUT2D eigenvalue weighted by Crippen LogP contribution is -2.04. The lowest BCUT2D eigenvalue weighted by molar-refractivity contribution is -0.137. The van der Waals surface area contributed by atoms with Gasteiger partial charge >= 0.3 is 5.97 Å². The first-order valence-corrected chi connectivity index (χ1v) is 6.63. The summed E-state index contributed by atoms with van der Waals surface area (Å²) in [7, 11) is 1.57. The molecule has 0 aliphatic rings. The van der Waals surface area contributed by atoms with Crippen LogP contribution in [-0.2, 0) is 21.0 Å². The standard InChI is InChI=1S/C16H17NO4/c1-3-21-16(19)9-8-13-12-6-4-5-7-14(12)17(11-20-2)15(13)10-18/h4-10H,3,11H2,1-2H3/b9-8+. The van der Waals surface area contributed by atoms with Gasteiger partial charge in [-0.15, -0.1) is 0 Å². The third-order valence-electron chi connectivity index (χ3n) is 3.09. The van der Waals surface area contributed by atoms with Gasteiger partial charge in [-0.2, -0.15) is 0 Å². The van der Waals surface area contributed by atoms with E-state index in [-0.39, 0.29) is 6.73 Å². The van der Waals surface area contributed by atoms with E-state index in [1.54, 1.807) is 24.7 Å². The highest BCUT2D eigenvalue weighted by Crippen LogP contribution is 2.26.